The number of para-hydroxylation sites is 1. The summed E-state index contributed by atoms with van der Waals surface area (Å²) < 4.78 is 1.82. The number of hydrogen-bond acceptors (Lipinski definition) is 3. The van der Waals surface area contributed by atoms with Gasteiger partial charge in [0.05, 0.1) is 28.4 Å². The Kier molecular flexibility index (Phi) is 4.42. The van der Waals surface area contributed by atoms with Crippen LogP contribution in [0.4, 0.5) is 0 Å². The topological polar surface area (TPSA) is 67.2 Å². The van der Waals surface area contributed by atoms with E-state index in [1.807, 2.05) is 54.1 Å². The van der Waals surface area contributed by atoms with Crippen LogP contribution in [-0.2, 0) is 7.05 Å². The molecule has 2 heterocycles. The molecule has 0 bridgehead atoms. The van der Waals surface area contributed by atoms with Gasteiger partial charge in [-0.25, -0.2) is 0 Å². The van der Waals surface area contributed by atoms with E-state index < -0.39 is 0 Å². The van der Waals surface area contributed by atoms with E-state index in [1.165, 1.54) is 0 Å². The molecule has 1 atom stereocenters. The third-order valence-electron chi connectivity index (χ3n) is 5.15. The van der Waals surface area contributed by atoms with Crippen molar-refractivity contribution in [3.05, 3.63) is 65.1 Å². The van der Waals surface area contributed by atoms with E-state index in [0.717, 1.165) is 16.6 Å². The zero-order valence-electron chi connectivity index (χ0n) is 14.4. The zero-order chi connectivity index (χ0) is 18.3. The third kappa shape index (κ3) is 2.97. The average molecular weight is 370 g/mol. The third-order valence-corrected chi connectivity index (χ3v) is 5.46. The predicted octanol–water partition coefficient (Wildman–Crippen LogP) is 3.47. The van der Waals surface area contributed by atoms with Gasteiger partial charge in [-0.15, -0.1) is 0 Å². The Morgan fingerprint density at radius 2 is 2.12 bits per heavy atom. The molecule has 1 amide bonds. The maximum atomic E-state index is 13.0. The minimum absolute atomic E-state index is 0.170. The van der Waals surface area contributed by atoms with E-state index in [2.05, 4.69) is 10.3 Å². The number of fused-ring (bicyclic) bond motifs is 1. The van der Waals surface area contributed by atoms with Crippen molar-refractivity contribution in [1.29, 1.82) is 0 Å². The lowest BCUT2D eigenvalue weighted by Gasteiger charge is -2.37. The van der Waals surface area contributed by atoms with Crippen LogP contribution in [0.5, 0.6) is 0 Å². The van der Waals surface area contributed by atoms with Crippen LogP contribution in [-0.4, -0.2) is 26.7 Å². The highest BCUT2D eigenvalue weighted by Gasteiger charge is 2.36. The van der Waals surface area contributed by atoms with Crippen LogP contribution in [0, 0.1) is 5.92 Å². The molecule has 0 saturated heterocycles. The zero-order valence-corrected chi connectivity index (χ0v) is 15.1. The average Bonchev–Trinajstić information content (AvgIpc) is 2.96. The summed E-state index contributed by atoms with van der Waals surface area (Å²) in [6, 6.07) is 12.9. The molecule has 0 unspecified atom stereocenters. The monoisotopic (exact) mass is 369 g/mol. The Morgan fingerprint density at radius 1 is 1.31 bits per heavy atom. The number of nitrogens with zero attached hydrogens (tertiary/aromatic N) is 2. The predicted molar refractivity (Wildman–Crippen MR) is 101 cm³/mol. The number of benzene rings is 1. The van der Waals surface area contributed by atoms with Gasteiger partial charge >= 0.3 is 0 Å². The Hall–Kier alpha value is -2.37. The van der Waals surface area contributed by atoms with Gasteiger partial charge in [-0.3, -0.25) is 9.78 Å². The summed E-state index contributed by atoms with van der Waals surface area (Å²) in [6.45, 7) is 0. The van der Waals surface area contributed by atoms with Crippen molar-refractivity contribution in [2.75, 3.05) is 0 Å². The molecule has 3 aromatic rings. The Balaban J connectivity index is 1.65. The van der Waals surface area contributed by atoms with Gasteiger partial charge in [0, 0.05) is 18.6 Å². The number of carbonyl (C=O) groups is 1. The summed E-state index contributed by atoms with van der Waals surface area (Å²) >= 11 is 6.29. The van der Waals surface area contributed by atoms with Crippen LogP contribution in [0.15, 0.2) is 48.7 Å². The molecule has 1 aliphatic carbocycles. The highest BCUT2D eigenvalue weighted by atomic mass is 35.5. The lowest BCUT2D eigenvalue weighted by atomic mass is 9.76. The number of aryl methyl sites for hydroxylation is 1. The molecule has 1 aliphatic rings. The summed E-state index contributed by atoms with van der Waals surface area (Å²) in [5.74, 6) is 0.0129. The molecular formula is C20H20ClN3O2. The number of aliphatic hydroxyl groups excluding tert-OH is 1. The quantitative estimate of drug-likeness (QED) is 0.740. The fraction of sp³-hybridized carbons (Fsp3) is 0.300. The first-order valence-electron chi connectivity index (χ1n) is 8.68. The Bertz CT molecular complexity index is 948. The van der Waals surface area contributed by atoms with Crippen molar-refractivity contribution in [3.63, 3.8) is 0 Å². The molecule has 5 nitrogen and oxygen atoms in total. The van der Waals surface area contributed by atoms with E-state index >= 15 is 0 Å². The van der Waals surface area contributed by atoms with Gasteiger partial charge in [-0.2, -0.15) is 0 Å². The number of amides is 1. The molecule has 0 radical (unpaired) electrons. The Labute approximate surface area is 156 Å². The van der Waals surface area contributed by atoms with Gasteiger partial charge in [0.1, 0.15) is 5.69 Å². The number of carbonyl (C=O) groups excluding carboxylic acids is 1. The van der Waals surface area contributed by atoms with E-state index in [-0.39, 0.29) is 24.0 Å². The second-order valence-electron chi connectivity index (χ2n) is 6.86. The van der Waals surface area contributed by atoms with Crippen LogP contribution in [0.3, 0.4) is 0 Å². The number of rotatable bonds is 4. The first kappa shape index (κ1) is 17.1. The number of aromatic nitrogens is 2. The largest absolute Gasteiger partial charge is 0.393 e. The first-order valence-corrected chi connectivity index (χ1v) is 9.06. The van der Waals surface area contributed by atoms with Crippen LogP contribution >= 0.6 is 11.6 Å². The summed E-state index contributed by atoms with van der Waals surface area (Å²) in [5.41, 5.74) is 2.20. The highest BCUT2D eigenvalue weighted by Crippen LogP contribution is 2.37. The molecule has 2 N–H and O–H groups in total. The second kappa shape index (κ2) is 6.74. The summed E-state index contributed by atoms with van der Waals surface area (Å²) in [6.07, 6.45) is 2.77. The van der Waals surface area contributed by atoms with Gasteiger partial charge in [-0.1, -0.05) is 29.8 Å². The first-order chi connectivity index (χ1) is 12.5. The van der Waals surface area contributed by atoms with E-state index in [1.54, 1.807) is 6.20 Å². The number of nitrogens with one attached hydrogen (secondary N) is 1. The minimum atomic E-state index is -0.292. The van der Waals surface area contributed by atoms with Crippen LogP contribution in [0.1, 0.15) is 35.1 Å². The van der Waals surface area contributed by atoms with Crippen molar-refractivity contribution in [3.8, 4) is 0 Å². The Morgan fingerprint density at radius 3 is 2.77 bits per heavy atom. The molecule has 2 aromatic heterocycles. The van der Waals surface area contributed by atoms with E-state index in [0.29, 0.717) is 23.6 Å². The maximum Gasteiger partial charge on any atom is 0.268 e. The summed E-state index contributed by atoms with van der Waals surface area (Å²) in [7, 11) is 1.84. The molecule has 0 spiro atoms. The fourth-order valence-electron chi connectivity index (χ4n) is 3.70. The van der Waals surface area contributed by atoms with Gasteiger partial charge in [0.2, 0.25) is 0 Å². The van der Waals surface area contributed by atoms with Crippen LogP contribution in [0.2, 0.25) is 5.02 Å². The minimum Gasteiger partial charge on any atom is -0.393 e. The van der Waals surface area contributed by atoms with E-state index in [9.17, 15) is 9.90 Å². The number of pyridine rings is 1. The molecule has 1 saturated carbocycles. The van der Waals surface area contributed by atoms with Crippen molar-refractivity contribution in [1.82, 2.24) is 14.9 Å². The summed E-state index contributed by atoms with van der Waals surface area (Å²) in [5, 5.41) is 14.3. The smallest absolute Gasteiger partial charge is 0.268 e. The number of hydrogen-bond donors (Lipinski definition) is 2. The second-order valence-corrected chi connectivity index (χ2v) is 7.26. The molecule has 1 fully saturated rings. The van der Waals surface area contributed by atoms with Crippen molar-refractivity contribution >= 4 is 28.4 Å². The highest BCUT2D eigenvalue weighted by molar-refractivity contribution is 6.35. The molecular weight excluding hydrogens is 350 g/mol. The van der Waals surface area contributed by atoms with Crippen molar-refractivity contribution in [2.24, 2.45) is 13.0 Å². The van der Waals surface area contributed by atoms with E-state index in [4.69, 9.17) is 11.6 Å². The van der Waals surface area contributed by atoms with Crippen LogP contribution < -0.4 is 5.32 Å². The summed E-state index contributed by atoms with van der Waals surface area (Å²) in [4.78, 5) is 17.4. The number of halogens is 1. The van der Waals surface area contributed by atoms with Crippen LogP contribution in [0.25, 0.3) is 10.9 Å². The van der Waals surface area contributed by atoms with Gasteiger partial charge < -0.3 is 15.0 Å². The van der Waals surface area contributed by atoms with Gasteiger partial charge in [0.25, 0.3) is 5.91 Å². The molecule has 0 aliphatic heterocycles. The van der Waals surface area contributed by atoms with Crippen molar-refractivity contribution in [2.45, 2.75) is 25.0 Å². The fourth-order valence-corrected chi connectivity index (χ4v) is 4.00. The molecule has 26 heavy (non-hydrogen) atoms. The number of aliphatic hydroxyl groups is 1. The maximum absolute atomic E-state index is 13.0. The SMILES string of the molecule is Cn1c(C(=O)N[C@H](c2ccccn2)C2CC(O)C2)cc2cccc(Cl)c21. The lowest BCUT2D eigenvalue weighted by Crippen LogP contribution is -2.42. The normalized spacial score (nSPS) is 20.6. The molecule has 4 rings (SSSR count). The van der Waals surface area contributed by atoms with Gasteiger partial charge in [-0.05, 0) is 43.0 Å². The lowest BCUT2D eigenvalue weighted by molar-refractivity contribution is 0.0227. The van der Waals surface area contributed by atoms with Gasteiger partial charge in [0.15, 0.2) is 0 Å². The molecule has 134 valence electrons. The standard InChI is InChI=1S/C20H20ClN3O2/c1-24-17(11-12-5-4-6-15(21)19(12)24)20(26)23-18(13-9-14(25)10-13)16-7-2-3-8-22-16/h2-8,11,13-14,18,25H,9-10H2,1H3,(H,23,26)/t13?,14?,18-/m0/s1. The van der Waals surface area contributed by atoms with Crippen molar-refractivity contribution < 1.29 is 9.90 Å². The molecule has 1 aromatic carbocycles. The molecule has 6 heteroatoms.